The molecule has 1 aliphatic carbocycles. The molecule has 0 radical (unpaired) electrons. The van der Waals surface area contributed by atoms with E-state index in [-0.39, 0.29) is 28.6 Å². The molecule has 1 saturated carbocycles. The normalized spacial score (nSPS) is 20.6. The quantitative estimate of drug-likeness (QED) is 0.764. The summed E-state index contributed by atoms with van der Waals surface area (Å²) in [6, 6.07) is 4.20. The predicted molar refractivity (Wildman–Crippen MR) is 91.5 cm³/mol. The molecule has 6 heteroatoms. The zero-order chi connectivity index (χ0) is 17.9. The van der Waals surface area contributed by atoms with Crippen LogP contribution in [0.4, 0.5) is 0 Å². The average Bonchev–Trinajstić information content (AvgIpc) is 2.54. The SMILES string of the molecule is CC(C)C1CCC(NC(=O)c2cc(C(N)=O)cc(C(N)=O)c2)CC1. The lowest BCUT2D eigenvalue weighted by atomic mass is 9.79. The lowest BCUT2D eigenvalue weighted by Crippen LogP contribution is -2.38. The van der Waals surface area contributed by atoms with Gasteiger partial charge in [0.2, 0.25) is 11.8 Å². The van der Waals surface area contributed by atoms with Crippen molar-refractivity contribution in [2.75, 3.05) is 0 Å². The van der Waals surface area contributed by atoms with Crippen molar-refractivity contribution in [2.24, 2.45) is 23.3 Å². The molecular formula is C18H25N3O3. The minimum atomic E-state index is -0.704. The topological polar surface area (TPSA) is 115 Å². The fraction of sp³-hybridized carbons (Fsp3) is 0.500. The van der Waals surface area contributed by atoms with Crippen LogP contribution in [0.1, 0.15) is 70.6 Å². The molecule has 1 fully saturated rings. The third-order valence-corrected chi connectivity index (χ3v) is 4.81. The Kier molecular flexibility index (Phi) is 5.59. The Hall–Kier alpha value is -2.37. The zero-order valence-corrected chi connectivity index (χ0v) is 14.2. The van der Waals surface area contributed by atoms with E-state index in [1.165, 1.54) is 18.2 Å². The Balaban J connectivity index is 2.10. The molecule has 0 bridgehead atoms. The van der Waals surface area contributed by atoms with Crippen molar-refractivity contribution in [1.29, 1.82) is 0 Å². The van der Waals surface area contributed by atoms with Gasteiger partial charge in [-0.15, -0.1) is 0 Å². The van der Waals surface area contributed by atoms with Gasteiger partial charge in [-0.3, -0.25) is 14.4 Å². The van der Waals surface area contributed by atoms with E-state index in [0.29, 0.717) is 11.8 Å². The van der Waals surface area contributed by atoms with Gasteiger partial charge in [0, 0.05) is 22.7 Å². The first-order valence-corrected chi connectivity index (χ1v) is 8.33. The molecule has 1 aromatic rings. The summed E-state index contributed by atoms with van der Waals surface area (Å²) in [5.74, 6) is -0.354. The Bertz CT molecular complexity index is 615. The van der Waals surface area contributed by atoms with Gasteiger partial charge in [-0.1, -0.05) is 13.8 Å². The number of primary amides is 2. The summed E-state index contributed by atoms with van der Waals surface area (Å²) in [5.41, 5.74) is 10.9. The molecule has 1 aromatic carbocycles. The molecule has 0 atom stereocenters. The molecule has 0 unspecified atom stereocenters. The summed E-state index contributed by atoms with van der Waals surface area (Å²) in [5, 5.41) is 2.98. The van der Waals surface area contributed by atoms with Crippen molar-refractivity contribution in [3.63, 3.8) is 0 Å². The Morgan fingerprint density at radius 3 is 1.79 bits per heavy atom. The van der Waals surface area contributed by atoms with Crippen LogP contribution in [-0.2, 0) is 0 Å². The van der Waals surface area contributed by atoms with Crippen molar-refractivity contribution in [3.05, 3.63) is 34.9 Å². The van der Waals surface area contributed by atoms with Crippen molar-refractivity contribution >= 4 is 17.7 Å². The van der Waals surface area contributed by atoms with Crippen LogP contribution in [-0.4, -0.2) is 23.8 Å². The second kappa shape index (κ2) is 7.47. The summed E-state index contributed by atoms with van der Waals surface area (Å²) in [7, 11) is 0. The molecule has 1 aliphatic rings. The first-order valence-electron chi connectivity index (χ1n) is 8.33. The molecule has 2 rings (SSSR count). The van der Waals surface area contributed by atoms with Crippen molar-refractivity contribution in [2.45, 2.75) is 45.6 Å². The van der Waals surface area contributed by atoms with Crippen LogP contribution in [0.3, 0.4) is 0 Å². The van der Waals surface area contributed by atoms with Gasteiger partial charge < -0.3 is 16.8 Å². The number of hydrogen-bond donors (Lipinski definition) is 3. The van der Waals surface area contributed by atoms with E-state index >= 15 is 0 Å². The molecule has 6 nitrogen and oxygen atoms in total. The van der Waals surface area contributed by atoms with Crippen LogP contribution in [0.25, 0.3) is 0 Å². The van der Waals surface area contributed by atoms with E-state index in [0.717, 1.165) is 25.7 Å². The van der Waals surface area contributed by atoms with Gasteiger partial charge in [-0.05, 0) is 55.7 Å². The number of rotatable bonds is 5. The summed E-state index contributed by atoms with van der Waals surface area (Å²) >= 11 is 0. The molecule has 0 saturated heterocycles. The number of benzene rings is 1. The fourth-order valence-corrected chi connectivity index (χ4v) is 3.24. The van der Waals surface area contributed by atoms with Crippen LogP contribution in [0.2, 0.25) is 0 Å². The molecular weight excluding hydrogens is 306 g/mol. The first-order chi connectivity index (χ1) is 11.3. The van der Waals surface area contributed by atoms with Crippen LogP contribution < -0.4 is 16.8 Å². The van der Waals surface area contributed by atoms with Crippen molar-refractivity contribution in [1.82, 2.24) is 5.32 Å². The van der Waals surface area contributed by atoms with Gasteiger partial charge in [0.15, 0.2) is 0 Å². The number of carbonyl (C=O) groups excluding carboxylic acids is 3. The third kappa shape index (κ3) is 4.34. The van der Waals surface area contributed by atoms with E-state index in [9.17, 15) is 14.4 Å². The number of carbonyl (C=O) groups is 3. The van der Waals surface area contributed by atoms with Crippen molar-refractivity contribution < 1.29 is 14.4 Å². The Morgan fingerprint density at radius 2 is 1.38 bits per heavy atom. The van der Waals surface area contributed by atoms with E-state index in [2.05, 4.69) is 19.2 Å². The Labute approximate surface area is 142 Å². The minimum absolute atomic E-state index is 0.0972. The summed E-state index contributed by atoms with van der Waals surface area (Å²) < 4.78 is 0. The maximum atomic E-state index is 12.5. The number of hydrogen-bond acceptors (Lipinski definition) is 3. The molecule has 3 amide bonds. The second-order valence-corrected chi connectivity index (χ2v) is 6.86. The highest BCUT2D eigenvalue weighted by molar-refractivity contribution is 6.03. The van der Waals surface area contributed by atoms with Crippen LogP contribution in [0, 0.1) is 11.8 Å². The monoisotopic (exact) mass is 331 g/mol. The van der Waals surface area contributed by atoms with Gasteiger partial charge >= 0.3 is 0 Å². The van der Waals surface area contributed by atoms with Gasteiger partial charge in [0.1, 0.15) is 0 Å². The number of nitrogens with two attached hydrogens (primary N) is 2. The largest absolute Gasteiger partial charge is 0.366 e. The van der Waals surface area contributed by atoms with Gasteiger partial charge in [-0.25, -0.2) is 0 Å². The lowest BCUT2D eigenvalue weighted by Gasteiger charge is -2.31. The van der Waals surface area contributed by atoms with Gasteiger partial charge in [0.05, 0.1) is 0 Å². The highest BCUT2D eigenvalue weighted by Gasteiger charge is 2.25. The molecule has 24 heavy (non-hydrogen) atoms. The number of amides is 3. The van der Waals surface area contributed by atoms with Gasteiger partial charge in [-0.2, -0.15) is 0 Å². The molecule has 0 aliphatic heterocycles. The van der Waals surface area contributed by atoms with Crippen LogP contribution >= 0.6 is 0 Å². The van der Waals surface area contributed by atoms with Crippen LogP contribution in [0.5, 0.6) is 0 Å². The fourth-order valence-electron chi connectivity index (χ4n) is 3.24. The molecule has 0 aromatic heterocycles. The van der Waals surface area contributed by atoms with Gasteiger partial charge in [0.25, 0.3) is 5.91 Å². The van der Waals surface area contributed by atoms with E-state index < -0.39 is 11.8 Å². The predicted octanol–water partition coefficient (Wildman–Crippen LogP) is 1.83. The van der Waals surface area contributed by atoms with E-state index in [1.807, 2.05) is 0 Å². The van der Waals surface area contributed by atoms with Crippen LogP contribution in [0.15, 0.2) is 18.2 Å². The maximum absolute atomic E-state index is 12.5. The Morgan fingerprint density at radius 1 is 0.917 bits per heavy atom. The third-order valence-electron chi connectivity index (χ3n) is 4.81. The zero-order valence-electron chi connectivity index (χ0n) is 14.2. The highest BCUT2D eigenvalue weighted by atomic mass is 16.2. The average molecular weight is 331 g/mol. The molecule has 5 N–H and O–H groups in total. The standard InChI is InChI=1S/C18H25N3O3/c1-10(2)11-3-5-15(6-4-11)21-18(24)14-8-12(16(19)22)7-13(9-14)17(20)23/h7-11,15H,3-6H2,1-2H3,(H2,19,22)(H2,20,23)(H,21,24). The summed E-state index contributed by atoms with van der Waals surface area (Å²) in [6.45, 7) is 4.45. The summed E-state index contributed by atoms with van der Waals surface area (Å²) in [4.78, 5) is 35.2. The smallest absolute Gasteiger partial charge is 0.251 e. The second-order valence-electron chi connectivity index (χ2n) is 6.86. The van der Waals surface area contributed by atoms with E-state index in [1.54, 1.807) is 0 Å². The van der Waals surface area contributed by atoms with Crippen molar-refractivity contribution in [3.8, 4) is 0 Å². The van der Waals surface area contributed by atoms with E-state index in [4.69, 9.17) is 11.5 Å². The minimum Gasteiger partial charge on any atom is -0.366 e. The first kappa shape index (κ1) is 18.0. The molecule has 130 valence electrons. The maximum Gasteiger partial charge on any atom is 0.251 e. The lowest BCUT2D eigenvalue weighted by molar-refractivity contribution is 0.0918. The molecule has 0 heterocycles. The summed E-state index contributed by atoms with van der Waals surface area (Å²) in [6.07, 6.45) is 4.06. The highest BCUT2D eigenvalue weighted by Crippen LogP contribution is 2.30. The molecule has 0 spiro atoms. The number of nitrogens with one attached hydrogen (secondary N) is 1.